The quantitative estimate of drug-likeness (QED) is 0.840. The molecule has 0 saturated carbocycles. The number of phenolic OH excluding ortho intramolecular Hbond substituents is 1. The van der Waals surface area contributed by atoms with Crippen LogP contribution in [-0.2, 0) is 15.1 Å². The van der Waals surface area contributed by atoms with E-state index in [1.54, 1.807) is 32.9 Å². The van der Waals surface area contributed by atoms with Gasteiger partial charge in [-0.15, -0.1) is 0 Å². The van der Waals surface area contributed by atoms with Gasteiger partial charge in [0.15, 0.2) is 0 Å². The number of aryl methyl sites for hydroxylation is 2. The summed E-state index contributed by atoms with van der Waals surface area (Å²) >= 11 is 0. The highest BCUT2D eigenvalue weighted by atomic mass is 16.6. The number of hydrogen-bond donors (Lipinski definition) is 2. The first-order valence-electron chi connectivity index (χ1n) is 6.77. The molecule has 0 bridgehead atoms. The molecule has 1 atom stereocenters. The molecular formula is C16H23NO4. The molecule has 1 rings (SSSR count). The Kier molecular flexibility index (Phi) is 4.66. The van der Waals surface area contributed by atoms with Crippen molar-refractivity contribution in [2.75, 3.05) is 0 Å². The van der Waals surface area contributed by atoms with Gasteiger partial charge in [0.05, 0.1) is 0 Å². The van der Waals surface area contributed by atoms with Crippen molar-refractivity contribution in [2.45, 2.75) is 52.7 Å². The van der Waals surface area contributed by atoms with E-state index in [9.17, 15) is 14.7 Å². The minimum atomic E-state index is -1.36. The van der Waals surface area contributed by atoms with Crippen LogP contribution < -0.4 is 5.32 Å². The van der Waals surface area contributed by atoms with E-state index in [1.165, 1.54) is 6.92 Å². The van der Waals surface area contributed by atoms with E-state index in [0.29, 0.717) is 11.8 Å². The number of carbonyl (C=O) groups excluding carboxylic acids is 2. The fourth-order valence-electron chi connectivity index (χ4n) is 1.89. The van der Waals surface area contributed by atoms with Crippen LogP contribution in [0.2, 0.25) is 0 Å². The van der Waals surface area contributed by atoms with Crippen molar-refractivity contribution < 1.29 is 19.4 Å². The number of amides is 1. The maximum atomic E-state index is 11.9. The average Bonchev–Trinajstić information content (AvgIpc) is 2.31. The number of carbonyl (C=O) groups is 2. The molecule has 0 fully saturated rings. The van der Waals surface area contributed by atoms with E-state index in [-0.39, 0.29) is 5.75 Å². The fraction of sp³-hybridized carbons (Fsp3) is 0.500. The van der Waals surface area contributed by atoms with Gasteiger partial charge in [0.2, 0.25) is 0 Å². The second kappa shape index (κ2) is 5.76. The Balaban J connectivity index is 3.13. The summed E-state index contributed by atoms with van der Waals surface area (Å²) in [5, 5.41) is 12.6. The Bertz CT molecular complexity index is 560. The Labute approximate surface area is 125 Å². The summed E-state index contributed by atoms with van der Waals surface area (Å²) in [6, 6.07) is 3.26. The van der Waals surface area contributed by atoms with Gasteiger partial charge < -0.3 is 20.0 Å². The summed E-state index contributed by atoms with van der Waals surface area (Å²) in [5.41, 5.74) is 0.138. The monoisotopic (exact) mass is 293 g/mol. The lowest BCUT2D eigenvalue weighted by Gasteiger charge is -2.28. The molecule has 0 saturated heterocycles. The van der Waals surface area contributed by atoms with Gasteiger partial charge in [-0.2, -0.15) is 0 Å². The summed E-state index contributed by atoms with van der Waals surface area (Å²) in [6.07, 6.45) is -0.129. The Morgan fingerprint density at radius 2 is 1.71 bits per heavy atom. The molecule has 1 unspecified atom stereocenters. The van der Waals surface area contributed by atoms with E-state index in [1.807, 2.05) is 13.8 Å². The van der Waals surface area contributed by atoms with Gasteiger partial charge in [0.25, 0.3) is 0 Å². The van der Waals surface area contributed by atoms with Crippen LogP contribution in [-0.4, -0.2) is 23.1 Å². The number of aromatic hydroxyl groups is 1. The van der Waals surface area contributed by atoms with Crippen molar-refractivity contribution in [1.29, 1.82) is 0 Å². The molecule has 0 aliphatic carbocycles. The van der Waals surface area contributed by atoms with Gasteiger partial charge in [-0.3, -0.25) is 0 Å². The molecule has 1 amide bonds. The van der Waals surface area contributed by atoms with Crippen molar-refractivity contribution in [3.8, 4) is 5.75 Å². The zero-order valence-corrected chi connectivity index (χ0v) is 13.4. The first-order valence-corrected chi connectivity index (χ1v) is 6.77. The predicted molar refractivity (Wildman–Crippen MR) is 80.4 cm³/mol. The van der Waals surface area contributed by atoms with Gasteiger partial charge in [-0.25, -0.2) is 4.79 Å². The molecule has 21 heavy (non-hydrogen) atoms. The van der Waals surface area contributed by atoms with E-state index >= 15 is 0 Å². The second-order valence-corrected chi connectivity index (χ2v) is 6.40. The van der Waals surface area contributed by atoms with Gasteiger partial charge in [0.1, 0.15) is 23.2 Å². The average molecular weight is 293 g/mol. The normalized spacial score (nSPS) is 14.2. The third-order valence-electron chi connectivity index (χ3n) is 3.17. The largest absolute Gasteiger partial charge is 0.508 e. The molecule has 0 heterocycles. The Morgan fingerprint density at radius 1 is 1.19 bits per heavy atom. The minimum absolute atomic E-state index is 0.0382. The standard InChI is InChI=1S/C16H23NO4/c1-10-7-12(13(19)8-11(10)2)16(6,9-18)17-14(20)21-15(3,4)5/h7-9,19H,1-6H3,(H,17,20). The number of rotatable bonds is 3. The molecule has 116 valence electrons. The number of ether oxygens (including phenoxy) is 1. The zero-order valence-electron chi connectivity index (χ0n) is 13.4. The predicted octanol–water partition coefficient (Wildman–Crippen LogP) is 2.95. The number of hydrogen-bond acceptors (Lipinski definition) is 4. The summed E-state index contributed by atoms with van der Waals surface area (Å²) in [4.78, 5) is 23.4. The third kappa shape index (κ3) is 4.21. The molecule has 5 heteroatoms. The first kappa shape index (κ1) is 17.0. The van der Waals surface area contributed by atoms with E-state index in [2.05, 4.69) is 5.32 Å². The van der Waals surface area contributed by atoms with Crippen LogP contribution in [0.1, 0.15) is 44.4 Å². The molecule has 2 N–H and O–H groups in total. The summed E-state index contributed by atoms with van der Waals surface area (Å²) in [5.74, 6) is -0.0382. The topological polar surface area (TPSA) is 75.6 Å². The number of benzene rings is 1. The van der Waals surface area contributed by atoms with Crippen LogP contribution in [0.3, 0.4) is 0 Å². The van der Waals surface area contributed by atoms with E-state index < -0.39 is 17.2 Å². The molecule has 1 aromatic rings. The molecule has 0 aliphatic heterocycles. The smallest absolute Gasteiger partial charge is 0.408 e. The second-order valence-electron chi connectivity index (χ2n) is 6.40. The van der Waals surface area contributed by atoms with Crippen LogP contribution in [0.5, 0.6) is 5.75 Å². The highest BCUT2D eigenvalue weighted by Crippen LogP contribution is 2.30. The lowest BCUT2D eigenvalue weighted by Crippen LogP contribution is -2.47. The molecular weight excluding hydrogens is 270 g/mol. The molecule has 1 aromatic carbocycles. The number of phenols is 1. The summed E-state index contributed by atoms with van der Waals surface area (Å²) in [7, 11) is 0. The van der Waals surface area contributed by atoms with Gasteiger partial charge in [-0.1, -0.05) is 0 Å². The maximum Gasteiger partial charge on any atom is 0.408 e. The molecule has 0 aromatic heterocycles. The van der Waals surface area contributed by atoms with E-state index in [4.69, 9.17) is 4.74 Å². The Morgan fingerprint density at radius 3 is 2.19 bits per heavy atom. The maximum absolute atomic E-state index is 11.9. The van der Waals surface area contributed by atoms with Crippen molar-refractivity contribution in [1.82, 2.24) is 5.32 Å². The van der Waals surface area contributed by atoms with Crippen LogP contribution in [0.15, 0.2) is 12.1 Å². The fourth-order valence-corrected chi connectivity index (χ4v) is 1.89. The van der Waals surface area contributed by atoms with Gasteiger partial charge in [-0.05, 0) is 64.8 Å². The van der Waals surface area contributed by atoms with Crippen LogP contribution in [0.25, 0.3) is 0 Å². The lowest BCUT2D eigenvalue weighted by atomic mass is 9.90. The first-order chi connectivity index (χ1) is 9.48. The lowest BCUT2D eigenvalue weighted by molar-refractivity contribution is -0.113. The van der Waals surface area contributed by atoms with E-state index in [0.717, 1.165) is 11.1 Å². The van der Waals surface area contributed by atoms with Crippen molar-refractivity contribution >= 4 is 12.4 Å². The Hall–Kier alpha value is -2.04. The van der Waals surface area contributed by atoms with Crippen molar-refractivity contribution in [3.05, 3.63) is 28.8 Å². The summed E-state index contributed by atoms with van der Waals surface area (Å²) < 4.78 is 5.16. The van der Waals surface area contributed by atoms with Crippen LogP contribution in [0.4, 0.5) is 4.79 Å². The van der Waals surface area contributed by atoms with Crippen molar-refractivity contribution in [2.24, 2.45) is 0 Å². The number of alkyl carbamates (subject to hydrolysis) is 1. The van der Waals surface area contributed by atoms with Crippen LogP contribution in [0, 0.1) is 13.8 Å². The van der Waals surface area contributed by atoms with Gasteiger partial charge in [0, 0.05) is 5.56 Å². The number of nitrogens with one attached hydrogen (secondary N) is 1. The highest BCUT2D eigenvalue weighted by molar-refractivity contribution is 5.79. The molecule has 0 spiro atoms. The number of aldehydes is 1. The summed E-state index contributed by atoms with van der Waals surface area (Å²) in [6.45, 7) is 10.5. The zero-order chi connectivity index (χ0) is 16.4. The molecule has 5 nitrogen and oxygen atoms in total. The minimum Gasteiger partial charge on any atom is -0.508 e. The van der Waals surface area contributed by atoms with Crippen LogP contribution >= 0.6 is 0 Å². The van der Waals surface area contributed by atoms with Crippen molar-refractivity contribution in [3.63, 3.8) is 0 Å². The SMILES string of the molecule is Cc1cc(O)c(C(C)(C=O)NC(=O)OC(C)(C)C)cc1C. The molecule has 0 aliphatic rings. The highest BCUT2D eigenvalue weighted by Gasteiger charge is 2.33. The molecule has 0 radical (unpaired) electrons. The third-order valence-corrected chi connectivity index (χ3v) is 3.17. The van der Waals surface area contributed by atoms with Gasteiger partial charge >= 0.3 is 6.09 Å².